The number of imidazole rings is 1. The van der Waals surface area contributed by atoms with Gasteiger partial charge in [-0.3, -0.25) is 0 Å². The van der Waals surface area contributed by atoms with Gasteiger partial charge in [-0.25, -0.2) is 23.1 Å². The predicted octanol–water partition coefficient (Wildman–Crippen LogP) is 7.35. The number of hydrogen-bond acceptors (Lipinski definition) is 4. The van der Waals surface area contributed by atoms with Crippen molar-refractivity contribution < 1.29 is 27.1 Å². The highest BCUT2D eigenvalue weighted by molar-refractivity contribution is 8.00. The molecule has 0 bridgehead atoms. The van der Waals surface area contributed by atoms with E-state index in [9.17, 15) is 22.4 Å². The standard InChI is InChI=1S/C25H18F4N2O2S/c26-22(27)25(28,29)34-23-30-20(18-12-6-2-7-13-18)21(19-14-8-3-9-15-19)31(23)24(32)33-16-17-10-4-1-5-11-17/h1-15,22H,16H2. The molecule has 0 aliphatic rings. The molecule has 0 amide bonds. The Morgan fingerprint density at radius 3 is 1.97 bits per heavy atom. The van der Waals surface area contributed by atoms with Crippen molar-refractivity contribution in [3.63, 3.8) is 0 Å². The van der Waals surface area contributed by atoms with Gasteiger partial charge >= 0.3 is 17.8 Å². The second kappa shape index (κ2) is 10.1. The second-order valence-electron chi connectivity index (χ2n) is 7.16. The summed E-state index contributed by atoms with van der Waals surface area (Å²) in [6.07, 6.45) is -4.96. The Morgan fingerprint density at radius 1 is 0.882 bits per heavy atom. The molecule has 4 rings (SSSR count). The highest BCUT2D eigenvalue weighted by atomic mass is 32.2. The van der Waals surface area contributed by atoms with E-state index in [-0.39, 0.29) is 18.0 Å². The summed E-state index contributed by atoms with van der Waals surface area (Å²) < 4.78 is 60.4. The summed E-state index contributed by atoms with van der Waals surface area (Å²) in [5.74, 6) is 0. The molecule has 174 valence electrons. The third-order valence-electron chi connectivity index (χ3n) is 4.81. The Balaban J connectivity index is 1.86. The van der Waals surface area contributed by atoms with Gasteiger partial charge in [-0.2, -0.15) is 8.78 Å². The van der Waals surface area contributed by atoms with Crippen LogP contribution in [0.5, 0.6) is 0 Å². The van der Waals surface area contributed by atoms with Crippen LogP contribution in [-0.4, -0.2) is 27.3 Å². The van der Waals surface area contributed by atoms with Gasteiger partial charge in [0.25, 0.3) is 0 Å². The van der Waals surface area contributed by atoms with Crippen molar-refractivity contribution in [3.8, 4) is 22.5 Å². The molecule has 0 fully saturated rings. The van der Waals surface area contributed by atoms with Crippen molar-refractivity contribution >= 4 is 17.9 Å². The molecular weight excluding hydrogens is 468 g/mol. The van der Waals surface area contributed by atoms with E-state index in [2.05, 4.69) is 4.98 Å². The lowest BCUT2D eigenvalue weighted by molar-refractivity contribution is -0.0566. The Kier molecular flexibility index (Phi) is 7.02. The van der Waals surface area contributed by atoms with Crippen LogP contribution in [0.25, 0.3) is 22.5 Å². The Bertz CT molecular complexity index is 1250. The molecule has 0 radical (unpaired) electrons. The number of thioether (sulfide) groups is 1. The van der Waals surface area contributed by atoms with E-state index in [0.29, 0.717) is 16.7 Å². The van der Waals surface area contributed by atoms with Crippen molar-refractivity contribution in [2.75, 3.05) is 0 Å². The minimum Gasteiger partial charge on any atom is -0.444 e. The summed E-state index contributed by atoms with van der Waals surface area (Å²) in [4.78, 5) is 17.4. The Labute approximate surface area is 197 Å². The van der Waals surface area contributed by atoms with Crippen molar-refractivity contribution in [3.05, 3.63) is 96.6 Å². The summed E-state index contributed by atoms with van der Waals surface area (Å²) in [5.41, 5.74) is 2.04. The summed E-state index contributed by atoms with van der Waals surface area (Å²) in [6.45, 7) is -0.137. The lowest BCUT2D eigenvalue weighted by atomic mass is 10.0. The van der Waals surface area contributed by atoms with Crippen LogP contribution in [0, 0.1) is 0 Å². The van der Waals surface area contributed by atoms with Crippen LogP contribution < -0.4 is 0 Å². The van der Waals surface area contributed by atoms with Gasteiger partial charge in [0.2, 0.25) is 0 Å². The number of nitrogens with zero attached hydrogens (tertiary/aromatic N) is 2. The van der Waals surface area contributed by atoms with Gasteiger partial charge in [0.15, 0.2) is 5.16 Å². The first kappa shape index (κ1) is 23.6. The number of hydrogen-bond donors (Lipinski definition) is 0. The first-order valence-corrected chi connectivity index (χ1v) is 11.0. The molecule has 4 nitrogen and oxygen atoms in total. The summed E-state index contributed by atoms with van der Waals surface area (Å²) in [5, 5.41) is -5.06. The second-order valence-corrected chi connectivity index (χ2v) is 8.28. The van der Waals surface area contributed by atoms with Gasteiger partial charge < -0.3 is 4.74 Å². The molecule has 0 saturated heterocycles. The molecule has 1 heterocycles. The first-order chi connectivity index (χ1) is 16.4. The largest absolute Gasteiger partial charge is 0.444 e. The Hall–Kier alpha value is -3.59. The van der Waals surface area contributed by atoms with E-state index in [1.807, 2.05) is 0 Å². The molecule has 34 heavy (non-hydrogen) atoms. The smallest absolute Gasteiger partial charge is 0.421 e. The van der Waals surface area contributed by atoms with Gasteiger partial charge in [0.05, 0.1) is 11.4 Å². The number of benzene rings is 3. The van der Waals surface area contributed by atoms with Crippen LogP contribution in [-0.2, 0) is 11.3 Å². The van der Waals surface area contributed by atoms with Crippen molar-refractivity contribution in [2.45, 2.75) is 23.4 Å². The van der Waals surface area contributed by atoms with Crippen molar-refractivity contribution in [1.82, 2.24) is 9.55 Å². The molecular formula is C25H18F4N2O2S. The van der Waals surface area contributed by atoms with Crippen LogP contribution in [0.3, 0.4) is 0 Å². The van der Waals surface area contributed by atoms with Crippen molar-refractivity contribution in [2.24, 2.45) is 0 Å². The SMILES string of the molecule is O=C(OCc1ccccc1)n1c(SC(F)(F)C(F)F)nc(-c2ccccc2)c1-c1ccccc1. The Morgan fingerprint density at radius 2 is 1.41 bits per heavy atom. The molecule has 0 spiro atoms. The number of rotatable bonds is 7. The number of ether oxygens (including phenoxy) is 1. The third-order valence-corrected chi connectivity index (χ3v) is 5.72. The maximum atomic E-state index is 14.1. The van der Waals surface area contributed by atoms with E-state index in [1.54, 1.807) is 91.0 Å². The summed E-state index contributed by atoms with van der Waals surface area (Å²) in [6, 6.07) is 25.9. The quantitative estimate of drug-likeness (QED) is 0.202. The fourth-order valence-corrected chi connectivity index (χ4v) is 3.97. The van der Waals surface area contributed by atoms with Crippen LogP contribution in [0.15, 0.2) is 96.2 Å². The molecule has 1 aromatic heterocycles. The maximum Gasteiger partial charge on any atom is 0.421 e. The fraction of sp³-hybridized carbons (Fsp3) is 0.120. The van der Waals surface area contributed by atoms with E-state index >= 15 is 0 Å². The van der Waals surface area contributed by atoms with Crippen LogP contribution in [0.4, 0.5) is 22.4 Å². The van der Waals surface area contributed by atoms with Crippen molar-refractivity contribution in [1.29, 1.82) is 0 Å². The maximum absolute atomic E-state index is 14.1. The monoisotopic (exact) mass is 486 g/mol. The zero-order valence-corrected chi connectivity index (χ0v) is 18.4. The zero-order chi connectivity index (χ0) is 24.1. The number of aromatic nitrogens is 2. The lowest BCUT2D eigenvalue weighted by Gasteiger charge is -2.16. The van der Waals surface area contributed by atoms with E-state index in [4.69, 9.17) is 4.74 Å². The predicted molar refractivity (Wildman–Crippen MR) is 122 cm³/mol. The molecule has 0 saturated carbocycles. The number of halogens is 4. The molecule has 0 N–H and O–H groups in total. The van der Waals surface area contributed by atoms with Gasteiger partial charge in [0.1, 0.15) is 6.61 Å². The molecule has 4 aromatic rings. The number of alkyl halides is 4. The fourth-order valence-electron chi connectivity index (χ4n) is 3.25. The molecule has 0 atom stereocenters. The van der Waals surface area contributed by atoms with Gasteiger partial charge in [-0.15, -0.1) is 0 Å². The molecule has 0 aliphatic heterocycles. The van der Waals surface area contributed by atoms with Crippen LogP contribution in [0.1, 0.15) is 5.56 Å². The van der Waals surface area contributed by atoms with E-state index < -0.39 is 34.7 Å². The van der Waals surface area contributed by atoms with E-state index in [1.165, 1.54) is 0 Å². The topological polar surface area (TPSA) is 44.1 Å². The molecule has 3 aromatic carbocycles. The third kappa shape index (κ3) is 5.14. The first-order valence-electron chi connectivity index (χ1n) is 10.2. The van der Waals surface area contributed by atoms with Gasteiger partial charge in [0, 0.05) is 11.1 Å². The zero-order valence-electron chi connectivity index (χ0n) is 17.6. The molecule has 9 heteroatoms. The highest BCUT2D eigenvalue weighted by Gasteiger charge is 2.44. The molecule has 0 unspecified atom stereocenters. The minimum absolute atomic E-state index is 0.137. The highest BCUT2D eigenvalue weighted by Crippen LogP contribution is 2.43. The van der Waals surface area contributed by atoms with E-state index in [0.717, 1.165) is 4.57 Å². The normalized spacial score (nSPS) is 11.6. The van der Waals surface area contributed by atoms with Gasteiger partial charge in [-0.05, 0) is 17.3 Å². The van der Waals surface area contributed by atoms with Crippen LogP contribution >= 0.6 is 11.8 Å². The summed E-state index contributed by atoms with van der Waals surface area (Å²) in [7, 11) is 0. The average molecular weight is 486 g/mol. The lowest BCUT2D eigenvalue weighted by Crippen LogP contribution is -2.24. The minimum atomic E-state index is -4.47. The van der Waals surface area contributed by atoms with Gasteiger partial charge in [-0.1, -0.05) is 91.0 Å². The molecule has 0 aliphatic carbocycles. The summed E-state index contributed by atoms with van der Waals surface area (Å²) >= 11 is -0.477. The average Bonchev–Trinajstić information content (AvgIpc) is 3.22. The number of carbonyl (C=O) groups is 1. The van der Waals surface area contributed by atoms with Crippen LogP contribution in [0.2, 0.25) is 0 Å². The number of carbonyl (C=O) groups excluding carboxylic acids is 1.